The first-order valence-electron chi connectivity index (χ1n) is 10.7. The Hall–Kier alpha value is -2.15. The maximum atomic E-state index is 13.0. The summed E-state index contributed by atoms with van der Waals surface area (Å²) in [6.45, 7) is 10.2. The molecule has 1 amide bonds. The van der Waals surface area contributed by atoms with E-state index in [4.69, 9.17) is 0 Å². The number of thiophene rings is 1. The first-order valence-corrected chi connectivity index (χ1v) is 11.6. The zero-order chi connectivity index (χ0) is 20.2. The predicted octanol–water partition coefficient (Wildman–Crippen LogP) is 1.06. The van der Waals surface area contributed by atoms with Crippen molar-refractivity contribution in [1.29, 1.82) is 0 Å². The number of rotatable bonds is 7. The van der Waals surface area contributed by atoms with Crippen LogP contribution in [0, 0.1) is 0 Å². The van der Waals surface area contributed by atoms with E-state index in [1.54, 1.807) is 16.2 Å². The number of nitrogens with two attached hydrogens (primary N) is 1. The van der Waals surface area contributed by atoms with Crippen molar-refractivity contribution < 1.29 is 15.0 Å². The number of hydrogen-bond acceptors (Lipinski definition) is 2. The van der Waals surface area contributed by atoms with E-state index in [9.17, 15) is 4.79 Å². The lowest BCUT2D eigenvalue weighted by molar-refractivity contribution is -0.902. The minimum atomic E-state index is -0.0501. The van der Waals surface area contributed by atoms with Crippen LogP contribution in [0.5, 0.6) is 0 Å². The zero-order valence-electron chi connectivity index (χ0n) is 17.4. The lowest BCUT2D eigenvalue weighted by Gasteiger charge is -2.32. The van der Waals surface area contributed by atoms with Crippen molar-refractivity contribution in [2.24, 2.45) is 0 Å². The van der Waals surface area contributed by atoms with Crippen molar-refractivity contribution in [3.63, 3.8) is 0 Å². The van der Waals surface area contributed by atoms with Crippen LogP contribution in [0.4, 0.5) is 0 Å². The summed E-state index contributed by atoms with van der Waals surface area (Å²) in [5.74, 6) is 0.562. The average Bonchev–Trinajstić information content (AvgIpc) is 3.44. The second kappa shape index (κ2) is 9.11. The minimum absolute atomic E-state index is 0.0501. The highest BCUT2D eigenvalue weighted by Gasteiger charge is 2.29. The van der Waals surface area contributed by atoms with E-state index in [-0.39, 0.29) is 17.9 Å². The molecule has 1 saturated heterocycles. The number of aromatic nitrogens is 1. The van der Waals surface area contributed by atoms with Gasteiger partial charge in [0.2, 0.25) is 0 Å². The van der Waals surface area contributed by atoms with E-state index in [2.05, 4.69) is 77.0 Å². The number of carbonyl (C=O) groups is 1. The van der Waals surface area contributed by atoms with Gasteiger partial charge in [-0.15, -0.1) is 11.3 Å². The number of H-pyrrole nitrogens is 1. The van der Waals surface area contributed by atoms with E-state index in [0.717, 1.165) is 39.3 Å². The number of nitrogens with zero attached hydrogens (tertiary/aromatic N) is 1. The number of likely N-dealkylation sites (N-methyl/N-ethyl adjacent to an activating group) is 1. The molecule has 1 aromatic carbocycles. The van der Waals surface area contributed by atoms with Crippen molar-refractivity contribution in [1.82, 2.24) is 9.88 Å². The highest BCUT2D eigenvalue weighted by Crippen LogP contribution is 2.32. The molecule has 2 atom stereocenters. The van der Waals surface area contributed by atoms with Crippen LogP contribution < -0.4 is 10.2 Å². The van der Waals surface area contributed by atoms with Gasteiger partial charge in [0.25, 0.3) is 5.91 Å². The van der Waals surface area contributed by atoms with E-state index < -0.39 is 0 Å². The average molecular weight is 413 g/mol. The van der Waals surface area contributed by atoms with Gasteiger partial charge >= 0.3 is 0 Å². The van der Waals surface area contributed by atoms with Crippen LogP contribution in [0.1, 0.15) is 30.2 Å². The van der Waals surface area contributed by atoms with Gasteiger partial charge in [0, 0.05) is 22.0 Å². The predicted molar refractivity (Wildman–Crippen MR) is 119 cm³/mol. The molecule has 3 aromatic rings. The summed E-state index contributed by atoms with van der Waals surface area (Å²) in [6, 6.07) is 12.8. The summed E-state index contributed by atoms with van der Waals surface area (Å²) < 4.78 is 0. The number of fused-ring (bicyclic) bond motifs is 1. The molecule has 1 fully saturated rings. The highest BCUT2D eigenvalue weighted by atomic mass is 32.1. The molecular formula is C23H32N4OS+2. The van der Waals surface area contributed by atoms with Crippen LogP contribution in [0.2, 0.25) is 0 Å². The Morgan fingerprint density at radius 3 is 2.76 bits per heavy atom. The van der Waals surface area contributed by atoms with Crippen molar-refractivity contribution in [3.05, 3.63) is 58.4 Å². The van der Waals surface area contributed by atoms with Gasteiger partial charge in [-0.3, -0.25) is 4.79 Å². The van der Waals surface area contributed by atoms with E-state index in [1.165, 1.54) is 21.3 Å². The Balaban J connectivity index is 1.46. The number of nitrogens with one attached hydrogen (secondary N) is 2. The molecule has 6 heteroatoms. The maximum absolute atomic E-state index is 13.0. The largest absolute Gasteiger partial charge is 0.361 e. The van der Waals surface area contributed by atoms with Gasteiger partial charge in [0.05, 0.1) is 45.2 Å². The van der Waals surface area contributed by atoms with Gasteiger partial charge in [-0.25, -0.2) is 0 Å². The summed E-state index contributed by atoms with van der Waals surface area (Å²) >= 11 is 1.80. The fourth-order valence-electron chi connectivity index (χ4n) is 4.39. The molecule has 5 nitrogen and oxygen atoms in total. The maximum Gasteiger partial charge on any atom is 0.280 e. The molecule has 154 valence electrons. The SMILES string of the molecule is CC[NH+]1CCN(C(=O)[C@@H](C)[NH2+]C[C@@H](c2cccs2)c2c[nH]c3ccccc23)CC1. The fraction of sp³-hybridized carbons (Fsp3) is 0.435. The topological polar surface area (TPSA) is 57.1 Å². The first kappa shape index (κ1) is 20.1. The molecule has 2 aromatic heterocycles. The second-order valence-corrected chi connectivity index (χ2v) is 9.03. The van der Waals surface area contributed by atoms with Crippen LogP contribution in [0.15, 0.2) is 48.0 Å². The van der Waals surface area contributed by atoms with E-state index in [1.807, 2.05) is 0 Å². The molecule has 1 aliphatic rings. The molecule has 3 heterocycles. The zero-order valence-corrected chi connectivity index (χ0v) is 18.2. The Labute approximate surface area is 176 Å². The molecule has 1 aliphatic heterocycles. The van der Waals surface area contributed by atoms with Crippen molar-refractivity contribution in [3.8, 4) is 0 Å². The van der Waals surface area contributed by atoms with E-state index >= 15 is 0 Å². The summed E-state index contributed by atoms with van der Waals surface area (Å²) in [7, 11) is 0. The standard InChI is InChI=1S/C23H30N4OS/c1-3-26-10-12-27(13-11-26)23(28)17(2)24-16-20(22-9-6-14-29-22)19-15-25-21-8-5-4-7-18(19)21/h4-9,14-15,17,20,24-25H,3,10-13,16H2,1-2H3/p+2/t17-,20-/m1/s1. The molecule has 4 rings (SSSR count). The third kappa shape index (κ3) is 4.39. The fourth-order valence-corrected chi connectivity index (χ4v) is 5.25. The van der Waals surface area contributed by atoms with Crippen LogP contribution in [0.3, 0.4) is 0 Å². The summed E-state index contributed by atoms with van der Waals surface area (Å²) in [5.41, 5.74) is 2.49. The smallest absolute Gasteiger partial charge is 0.280 e. The van der Waals surface area contributed by atoms with Crippen LogP contribution in [0.25, 0.3) is 10.9 Å². The second-order valence-electron chi connectivity index (χ2n) is 8.05. The van der Waals surface area contributed by atoms with Crippen LogP contribution in [-0.2, 0) is 4.79 Å². The molecule has 4 N–H and O–H groups in total. The number of carbonyl (C=O) groups excluding carboxylic acids is 1. The molecule has 0 radical (unpaired) electrons. The molecule has 0 spiro atoms. The Morgan fingerprint density at radius 2 is 2.03 bits per heavy atom. The molecule has 0 aliphatic carbocycles. The van der Waals surface area contributed by atoms with E-state index in [0.29, 0.717) is 0 Å². The van der Waals surface area contributed by atoms with Gasteiger partial charge in [0.15, 0.2) is 6.04 Å². The van der Waals surface area contributed by atoms with Gasteiger partial charge in [-0.2, -0.15) is 0 Å². The molecule has 0 unspecified atom stereocenters. The molecule has 29 heavy (non-hydrogen) atoms. The van der Waals surface area contributed by atoms with Crippen molar-refractivity contribution >= 4 is 28.1 Å². The lowest BCUT2D eigenvalue weighted by Crippen LogP contribution is -3.14. The molecular weight excluding hydrogens is 380 g/mol. The Kier molecular flexibility index (Phi) is 6.33. The molecule has 0 saturated carbocycles. The number of aromatic amines is 1. The van der Waals surface area contributed by atoms with Crippen LogP contribution >= 0.6 is 11.3 Å². The number of para-hydroxylation sites is 1. The van der Waals surface area contributed by atoms with Crippen LogP contribution in [-0.4, -0.2) is 61.1 Å². The first-order chi connectivity index (χ1) is 14.2. The normalized spacial score (nSPS) is 17.5. The van der Waals surface area contributed by atoms with Gasteiger partial charge in [-0.05, 0) is 36.9 Å². The third-order valence-corrected chi connectivity index (χ3v) is 7.27. The number of benzene rings is 1. The highest BCUT2D eigenvalue weighted by molar-refractivity contribution is 7.10. The Bertz CT molecular complexity index is 927. The van der Waals surface area contributed by atoms with Gasteiger partial charge in [0.1, 0.15) is 0 Å². The summed E-state index contributed by atoms with van der Waals surface area (Å²) in [5, 5.41) is 5.64. The Morgan fingerprint density at radius 1 is 1.24 bits per heavy atom. The summed E-state index contributed by atoms with van der Waals surface area (Å²) in [6.07, 6.45) is 2.14. The minimum Gasteiger partial charge on any atom is -0.361 e. The van der Waals surface area contributed by atoms with Crippen molar-refractivity contribution in [2.75, 3.05) is 39.3 Å². The lowest BCUT2D eigenvalue weighted by atomic mass is 9.96. The number of quaternary nitrogens is 2. The van der Waals surface area contributed by atoms with Gasteiger partial charge in [-0.1, -0.05) is 24.3 Å². The third-order valence-electron chi connectivity index (χ3n) is 6.28. The number of piperazine rings is 1. The summed E-state index contributed by atoms with van der Waals surface area (Å²) in [4.78, 5) is 21.4. The quantitative estimate of drug-likeness (QED) is 0.534. The monoisotopic (exact) mass is 412 g/mol. The molecule has 0 bridgehead atoms. The number of amides is 1. The van der Waals surface area contributed by atoms with Gasteiger partial charge < -0.3 is 20.1 Å². The number of hydrogen-bond donors (Lipinski definition) is 3. The van der Waals surface area contributed by atoms with Crippen molar-refractivity contribution in [2.45, 2.75) is 25.8 Å².